The molecule has 2 aromatic carbocycles. The molecule has 0 aliphatic heterocycles. The first-order valence-electron chi connectivity index (χ1n) is 5.78. The van der Waals surface area contributed by atoms with Crippen molar-refractivity contribution in [3.63, 3.8) is 0 Å². The minimum Gasteiger partial charge on any atom is -0.399 e. The normalized spacial score (nSPS) is 11.1. The lowest BCUT2D eigenvalue weighted by Crippen LogP contribution is -1.98. The fourth-order valence-corrected chi connectivity index (χ4v) is 2.36. The van der Waals surface area contributed by atoms with E-state index in [1.54, 1.807) is 12.4 Å². The number of nitrogens with zero attached hydrogens (tertiary/aromatic N) is 2. The Morgan fingerprint density at radius 1 is 1.05 bits per heavy atom. The number of hydrogen-bond acceptors (Lipinski definition) is 2. The Morgan fingerprint density at radius 2 is 1.89 bits per heavy atom. The molecule has 0 aliphatic rings. The Kier molecular flexibility index (Phi) is 3.09. The smallest absolute Gasteiger partial charge is 0.0961 e. The molecule has 0 saturated heterocycles. The molecule has 2 N–H and O–H groups in total. The second-order valence-electron chi connectivity index (χ2n) is 4.37. The molecule has 0 atom stereocenters. The van der Waals surface area contributed by atoms with Crippen LogP contribution in [0.4, 0.5) is 5.69 Å². The van der Waals surface area contributed by atoms with Crippen LogP contribution in [-0.4, -0.2) is 9.55 Å². The predicted molar refractivity (Wildman–Crippen MR) is 79.7 cm³/mol. The maximum atomic E-state index is 6.02. The van der Waals surface area contributed by atoms with Gasteiger partial charge in [-0.25, -0.2) is 4.98 Å². The highest BCUT2D eigenvalue weighted by Gasteiger charge is 2.05. The van der Waals surface area contributed by atoms with Crippen molar-refractivity contribution in [3.05, 3.63) is 58.3 Å². The lowest BCUT2D eigenvalue weighted by atomic mass is 10.2. The van der Waals surface area contributed by atoms with E-state index in [9.17, 15) is 0 Å². The molecule has 3 aromatic rings. The van der Waals surface area contributed by atoms with Crippen LogP contribution in [-0.2, 0) is 6.54 Å². The van der Waals surface area contributed by atoms with Crippen molar-refractivity contribution < 1.29 is 0 Å². The van der Waals surface area contributed by atoms with E-state index in [1.165, 1.54) is 0 Å². The molecule has 0 spiro atoms. The van der Waals surface area contributed by atoms with Crippen molar-refractivity contribution in [2.75, 3.05) is 5.73 Å². The van der Waals surface area contributed by atoms with Crippen molar-refractivity contribution in [2.45, 2.75) is 6.54 Å². The minimum atomic E-state index is 0.563. The number of nitrogens with two attached hydrogens (primary N) is 1. The lowest BCUT2D eigenvalue weighted by molar-refractivity contribution is 0.824. The molecule has 0 fully saturated rings. The van der Waals surface area contributed by atoms with Gasteiger partial charge in [0.1, 0.15) is 0 Å². The van der Waals surface area contributed by atoms with Crippen molar-refractivity contribution in [3.8, 4) is 0 Å². The summed E-state index contributed by atoms with van der Waals surface area (Å²) in [5, 5.41) is 1.13. The number of benzene rings is 2. The SMILES string of the molecule is Nc1ccc2c(c1)ncn2Cc1ccc(Cl)c(Cl)c1. The maximum absolute atomic E-state index is 6.02. The fourth-order valence-electron chi connectivity index (χ4n) is 2.04. The molecule has 3 rings (SSSR count). The third-order valence-electron chi connectivity index (χ3n) is 2.98. The van der Waals surface area contributed by atoms with E-state index in [0.717, 1.165) is 16.6 Å². The van der Waals surface area contributed by atoms with E-state index in [2.05, 4.69) is 4.98 Å². The van der Waals surface area contributed by atoms with Gasteiger partial charge >= 0.3 is 0 Å². The summed E-state index contributed by atoms with van der Waals surface area (Å²) in [5.74, 6) is 0. The summed E-state index contributed by atoms with van der Waals surface area (Å²) in [4.78, 5) is 4.34. The third-order valence-corrected chi connectivity index (χ3v) is 3.72. The van der Waals surface area contributed by atoms with Gasteiger partial charge in [-0.3, -0.25) is 0 Å². The summed E-state index contributed by atoms with van der Waals surface area (Å²) in [6.45, 7) is 0.692. The van der Waals surface area contributed by atoms with Crippen molar-refractivity contribution in [2.24, 2.45) is 0 Å². The third kappa shape index (κ3) is 2.39. The number of aromatic nitrogens is 2. The van der Waals surface area contributed by atoms with E-state index in [4.69, 9.17) is 28.9 Å². The highest BCUT2D eigenvalue weighted by Crippen LogP contribution is 2.24. The zero-order chi connectivity index (χ0) is 13.4. The van der Waals surface area contributed by atoms with Crippen LogP contribution in [0.3, 0.4) is 0 Å². The standard InChI is InChI=1S/C14H11Cl2N3/c15-11-3-1-9(5-12(11)16)7-19-8-18-13-6-10(17)2-4-14(13)19/h1-6,8H,7,17H2. The number of imidazole rings is 1. The highest BCUT2D eigenvalue weighted by molar-refractivity contribution is 6.42. The van der Waals surface area contributed by atoms with Crippen molar-refractivity contribution in [1.82, 2.24) is 9.55 Å². The molecule has 0 aliphatic carbocycles. The van der Waals surface area contributed by atoms with Crippen LogP contribution < -0.4 is 5.73 Å². The van der Waals surface area contributed by atoms with Crippen LogP contribution in [0.25, 0.3) is 11.0 Å². The Labute approximate surface area is 120 Å². The van der Waals surface area contributed by atoms with Gasteiger partial charge in [0, 0.05) is 12.2 Å². The average molecular weight is 292 g/mol. The summed E-state index contributed by atoms with van der Waals surface area (Å²) in [7, 11) is 0. The number of anilines is 1. The Hall–Kier alpha value is -1.71. The van der Waals surface area contributed by atoms with Gasteiger partial charge in [0.15, 0.2) is 0 Å². The van der Waals surface area contributed by atoms with Gasteiger partial charge in [0.05, 0.1) is 27.4 Å². The monoisotopic (exact) mass is 291 g/mol. The second kappa shape index (κ2) is 4.76. The molecule has 19 heavy (non-hydrogen) atoms. The Morgan fingerprint density at radius 3 is 2.68 bits per heavy atom. The lowest BCUT2D eigenvalue weighted by Gasteiger charge is -2.06. The van der Waals surface area contributed by atoms with Gasteiger partial charge in [0.25, 0.3) is 0 Å². The van der Waals surface area contributed by atoms with E-state index < -0.39 is 0 Å². The van der Waals surface area contributed by atoms with Crippen LogP contribution in [0.1, 0.15) is 5.56 Å². The summed E-state index contributed by atoms with van der Waals surface area (Å²) >= 11 is 11.9. The topological polar surface area (TPSA) is 43.8 Å². The average Bonchev–Trinajstić information content (AvgIpc) is 2.76. The Bertz CT molecular complexity index is 750. The quantitative estimate of drug-likeness (QED) is 0.726. The van der Waals surface area contributed by atoms with Crippen LogP contribution in [0.5, 0.6) is 0 Å². The molecule has 0 saturated carbocycles. The molecule has 5 heteroatoms. The van der Waals surface area contributed by atoms with Crippen molar-refractivity contribution in [1.29, 1.82) is 0 Å². The first kappa shape index (κ1) is 12.3. The molecule has 0 unspecified atom stereocenters. The number of rotatable bonds is 2. The molecule has 0 bridgehead atoms. The Balaban J connectivity index is 1.98. The summed E-state index contributed by atoms with van der Waals surface area (Å²) in [6, 6.07) is 11.3. The fraction of sp³-hybridized carbons (Fsp3) is 0.0714. The molecular weight excluding hydrogens is 281 g/mol. The van der Waals surface area contributed by atoms with Gasteiger partial charge in [0.2, 0.25) is 0 Å². The van der Waals surface area contributed by atoms with Crippen LogP contribution in [0.15, 0.2) is 42.7 Å². The summed E-state index contributed by atoms with van der Waals surface area (Å²) in [6.07, 6.45) is 1.80. The second-order valence-corrected chi connectivity index (χ2v) is 5.18. The van der Waals surface area contributed by atoms with E-state index >= 15 is 0 Å². The van der Waals surface area contributed by atoms with E-state index in [1.807, 2.05) is 34.9 Å². The number of halogens is 2. The molecule has 1 heterocycles. The maximum Gasteiger partial charge on any atom is 0.0961 e. The van der Waals surface area contributed by atoms with Crippen molar-refractivity contribution >= 4 is 39.9 Å². The predicted octanol–water partition coefficient (Wildman–Crippen LogP) is 3.97. The zero-order valence-electron chi connectivity index (χ0n) is 9.98. The van der Waals surface area contributed by atoms with E-state index in [-0.39, 0.29) is 0 Å². The van der Waals surface area contributed by atoms with Gasteiger partial charge in [-0.05, 0) is 35.9 Å². The van der Waals surface area contributed by atoms with Gasteiger partial charge in [-0.15, -0.1) is 0 Å². The molecule has 96 valence electrons. The number of fused-ring (bicyclic) bond motifs is 1. The zero-order valence-corrected chi connectivity index (χ0v) is 11.5. The first-order chi connectivity index (χ1) is 9.13. The summed E-state index contributed by atoms with van der Waals surface area (Å²) < 4.78 is 2.05. The molecule has 3 nitrogen and oxygen atoms in total. The number of nitrogen functional groups attached to an aromatic ring is 1. The number of hydrogen-bond donors (Lipinski definition) is 1. The molecule has 0 radical (unpaired) electrons. The highest BCUT2D eigenvalue weighted by atomic mass is 35.5. The van der Waals surface area contributed by atoms with Gasteiger partial charge in [-0.1, -0.05) is 29.3 Å². The largest absolute Gasteiger partial charge is 0.399 e. The molecule has 1 aromatic heterocycles. The molecule has 0 amide bonds. The first-order valence-corrected chi connectivity index (χ1v) is 6.53. The van der Waals surface area contributed by atoms with Crippen LogP contribution >= 0.6 is 23.2 Å². The summed E-state index contributed by atoms with van der Waals surface area (Å²) in [5.41, 5.74) is 9.46. The molecular formula is C14H11Cl2N3. The van der Waals surface area contributed by atoms with Gasteiger partial charge in [-0.2, -0.15) is 0 Å². The van der Waals surface area contributed by atoms with Gasteiger partial charge < -0.3 is 10.3 Å². The van der Waals surface area contributed by atoms with E-state index in [0.29, 0.717) is 22.3 Å². The van der Waals surface area contributed by atoms with Crippen LogP contribution in [0.2, 0.25) is 10.0 Å². The van der Waals surface area contributed by atoms with Crippen LogP contribution in [0, 0.1) is 0 Å². The minimum absolute atomic E-state index is 0.563.